The fraction of sp³-hybridized carbons (Fsp3) is 0.533. The van der Waals surface area contributed by atoms with Crippen LogP contribution in [0.4, 0.5) is 0 Å². The fourth-order valence-corrected chi connectivity index (χ4v) is 2.17. The van der Waals surface area contributed by atoms with Gasteiger partial charge in [0.05, 0.1) is 0 Å². The molecule has 20 heavy (non-hydrogen) atoms. The lowest BCUT2D eigenvalue weighted by Crippen LogP contribution is -2.49. The van der Waals surface area contributed by atoms with Crippen molar-refractivity contribution in [1.82, 2.24) is 10.6 Å². The molecule has 112 valence electrons. The van der Waals surface area contributed by atoms with E-state index < -0.39 is 6.10 Å². The van der Waals surface area contributed by atoms with E-state index in [4.69, 9.17) is 4.74 Å². The van der Waals surface area contributed by atoms with Crippen molar-refractivity contribution in [2.24, 2.45) is 0 Å². The molecule has 1 heterocycles. The van der Waals surface area contributed by atoms with Gasteiger partial charge >= 0.3 is 0 Å². The Bertz CT molecular complexity index is 416. The first-order valence-corrected chi connectivity index (χ1v) is 6.89. The molecule has 1 aromatic rings. The van der Waals surface area contributed by atoms with Crippen LogP contribution >= 0.6 is 12.4 Å². The van der Waals surface area contributed by atoms with Gasteiger partial charge in [0, 0.05) is 12.6 Å². The smallest absolute Gasteiger partial charge is 0.261 e. The third-order valence-corrected chi connectivity index (χ3v) is 3.35. The van der Waals surface area contributed by atoms with Crippen LogP contribution in [0, 0.1) is 6.92 Å². The van der Waals surface area contributed by atoms with Gasteiger partial charge in [-0.2, -0.15) is 0 Å². The topological polar surface area (TPSA) is 50.4 Å². The number of nitrogens with one attached hydrogen (secondary N) is 2. The molecule has 1 aliphatic heterocycles. The Kier molecular flexibility index (Phi) is 6.82. The number of ether oxygens (including phenoxy) is 1. The number of rotatable bonds is 4. The third-order valence-electron chi connectivity index (χ3n) is 3.35. The van der Waals surface area contributed by atoms with E-state index in [0.717, 1.165) is 31.7 Å². The Balaban J connectivity index is 0.00000200. The van der Waals surface area contributed by atoms with Gasteiger partial charge in [0.2, 0.25) is 0 Å². The number of aryl methyl sites for hydroxylation is 1. The predicted molar refractivity (Wildman–Crippen MR) is 82.6 cm³/mol. The van der Waals surface area contributed by atoms with Gasteiger partial charge in [0.1, 0.15) is 5.75 Å². The zero-order valence-electron chi connectivity index (χ0n) is 12.0. The van der Waals surface area contributed by atoms with Crippen molar-refractivity contribution in [2.45, 2.75) is 38.8 Å². The maximum Gasteiger partial charge on any atom is 0.261 e. The van der Waals surface area contributed by atoms with E-state index in [9.17, 15) is 4.79 Å². The summed E-state index contributed by atoms with van der Waals surface area (Å²) < 4.78 is 5.64. The van der Waals surface area contributed by atoms with Gasteiger partial charge in [-0.05, 0) is 45.4 Å². The van der Waals surface area contributed by atoms with Crippen LogP contribution in [0.2, 0.25) is 0 Å². The summed E-state index contributed by atoms with van der Waals surface area (Å²) in [7, 11) is 0. The first-order valence-electron chi connectivity index (χ1n) is 6.89. The summed E-state index contributed by atoms with van der Waals surface area (Å²) in [5.74, 6) is 0.685. The molecule has 5 heteroatoms. The van der Waals surface area contributed by atoms with E-state index >= 15 is 0 Å². The normalized spacial score (nSPS) is 19.6. The standard InChI is InChI=1S/C15H22N2O2.ClH/c1-11-5-7-14(8-6-11)19-12(2)15(18)17-13-4-3-9-16-10-13;/h5-8,12-13,16H,3-4,9-10H2,1-2H3,(H,17,18);1H/t12?,13-;/m0./s1. The highest BCUT2D eigenvalue weighted by molar-refractivity contribution is 5.85. The Morgan fingerprint density at radius 1 is 1.40 bits per heavy atom. The van der Waals surface area contributed by atoms with E-state index in [0.29, 0.717) is 0 Å². The summed E-state index contributed by atoms with van der Waals surface area (Å²) in [6.07, 6.45) is 1.68. The van der Waals surface area contributed by atoms with Crippen molar-refractivity contribution < 1.29 is 9.53 Å². The minimum atomic E-state index is -0.468. The molecule has 2 rings (SSSR count). The van der Waals surface area contributed by atoms with Crippen LogP contribution in [0.3, 0.4) is 0 Å². The lowest BCUT2D eigenvalue weighted by molar-refractivity contribution is -0.128. The SMILES string of the molecule is Cc1ccc(OC(C)C(=O)N[C@H]2CCCNC2)cc1.Cl. The van der Waals surface area contributed by atoms with Crippen molar-refractivity contribution in [3.8, 4) is 5.75 Å². The monoisotopic (exact) mass is 298 g/mol. The number of halogens is 1. The number of amides is 1. The van der Waals surface area contributed by atoms with Crippen molar-refractivity contribution in [2.75, 3.05) is 13.1 Å². The second-order valence-corrected chi connectivity index (χ2v) is 5.12. The second-order valence-electron chi connectivity index (χ2n) is 5.12. The molecule has 2 N–H and O–H groups in total. The van der Waals surface area contributed by atoms with E-state index in [1.54, 1.807) is 6.92 Å². The summed E-state index contributed by atoms with van der Waals surface area (Å²) in [5, 5.41) is 6.30. The van der Waals surface area contributed by atoms with Gasteiger partial charge in [-0.15, -0.1) is 12.4 Å². The summed E-state index contributed by atoms with van der Waals surface area (Å²) in [5.41, 5.74) is 1.18. The highest BCUT2D eigenvalue weighted by atomic mass is 35.5. The molecule has 0 aromatic heterocycles. The van der Waals surface area contributed by atoms with Crippen molar-refractivity contribution in [3.63, 3.8) is 0 Å². The molecule has 0 aliphatic carbocycles. The van der Waals surface area contributed by atoms with E-state index in [1.165, 1.54) is 5.56 Å². The average molecular weight is 299 g/mol. The van der Waals surface area contributed by atoms with Gasteiger partial charge in [-0.3, -0.25) is 4.79 Å². The molecule has 4 nitrogen and oxygen atoms in total. The Hall–Kier alpha value is -1.26. The zero-order chi connectivity index (χ0) is 13.7. The van der Waals surface area contributed by atoms with Crippen molar-refractivity contribution in [1.29, 1.82) is 0 Å². The molecule has 0 spiro atoms. The molecule has 1 fully saturated rings. The van der Waals surface area contributed by atoms with E-state index in [2.05, 4.69) is 10.6 Å². The molecule has 1 aromatic carbocycles. The summed E-state index contributed by atoms with van der Waals surface area (Å²) in [6.45, 7) is 5.70. The molecule has 1 amide bonds. The fourth-order valence-electron chi connectivity index (χ4n) is 2.17. The van der Waals surface area contributed by atoms with E-state index in [-0.39, 0.29) is 24.4 Å². The van der Waals surface area contributed by atoms with Crippen LogP contribution in [-0.2, 0) is 4.79 Å². The molecule has 2 atom stereocenters. The highest BCUT2D eigenvalue weighted by Gasteiger charge is 2.20. The zero-order valence-corrected chi connectivity index (χ0v) is 12.8. The Labute approximate surface area is 126 Å². The second kappa shape index (κ2) is 8.12. The number of benzene rings is 1. The third kappa shape index (κ3) is 5.02. The maximum atomic E-state index is 12.0. The number of hydrogen-bond donors (Lipinski definition) is 2. The molecule has 0 radical (unpaired) electrons. The van der Waals surface area contributed by atoms with Crippen LogP contribution in [0.15, 0.2) is 24.3 Å². The van der Waals surface area contributed by atoms with E-state index in [1.807, 2.05) is 31.2 Å². The van der Waals surface area contributed by atoms with Gasteiger partial charge in [-0.1, -0.05) is 17.7 Å². The van der Waals surface area contributed by atoms with Gasteiger partial charge < -0.3 is 15.4 Å². The van der Waals surface area contributed by atoms with Gasteiger partial charge in [0.25, 0.3) is 5.91 Å². The average Bonchev–Trinajstić information content (AvgIpc) is 2.42. The first-order chi connectivity index (χ1) is 9.15. The molecule has 1 aliphatic rings. The van der Waals surface area contributed by atoms with Crippen LogP contribution < -0.4 is 15.4 Å². The number of hydrogen-bond acceptors (Lipinski definition) is 3. The quantitative estimate of drug-likeness (QED) is 0.894. The maximum absolute atomic E-state index is 12.0. The molecule has 0 bridgehead atoms. The lowest BCUT2D eigenvalue weighted by atomic mass is 10.1. The van der Waals surface area contributed by atoms with Crippen LogP contribution in [0.1, 0.15) is 25.3 Å². The minimum absolute atomic E-state index is 0. The minimum Gasteiger partial charge on any atom is -0.481 e. The van der Waals surface area contributed by atoms with Crippen LogP contribution in [0.5, 0.6) is 5.75 Å². The lowest BCUT2D eigenvalue weighted by Gasteiger charge is -2.25. The number of carbonyl (C=O) groups is 1. The Morgan fingerprint density at radius 3 is 2.70 bits per heavy atom. The summed E-state index contributed by atoms with van der Waals surface area (Å²) in [6, 6.07) is 7.96. The number of carbonyl (C=O) groups excluding carboxylic acids is 1. The number of piperidine rings is 1. The molecule has 1 unspecified atom stereocenters. The first kappa shape index (κ1) is 16.8. The van der Waals surface area contributed by atoms with Gasteiger partial charge in [-0.25, -0.2) is 0 Å². The molecular formula is C15H23ClN2O2. The summed E-state index contributed by atoms with van der Waals surface area (Å²) >= 11 is 0. The Morgan fingerprint density at radius 2 is 2.10 bits per heavy atom. The highest BCUT2D eigenvalue weighted by Crippen LogP contribution is 2.13. The molecule has 1 saturated heterocycles. The van der Waals surface area contributed by atoms with Crippen molar-refractivity contribution in [3.05, 3.63) is 29.8 Å². The summed E-state index contributed by atoms with van der Waals surface area (Å²) in [4.78, 5) is 12.0. The van der Waals surface area contributed by atoms with Crippen molar-refractivity contribution >= 4 is 18.3 Å². The molecular weight excluding hydrogens is 276 g/mol. The van der Waals surface area contributed by atoms with Gasteiger partial charge in [0.15, 0.2) is 6.10 Å². The largest absolute Gasteiger partial charge is 0.481 e. The van der Waals surface area contributed by atoms with Crippen LogP contribution in [-0.4, -0.2) is 31.1 Å². The molecule has 0 saturated carbocycles. The predicted octanol–water partition coefficient (Wildman–Crippen LogP) is 2.05. The van der Waals surface area contributed by atoms with Crippen LogP contribution in [0.25, 0.3) is 0 Å².